The standard InChI is InChI=1S/C12H15FOS/c1-8(15)9-6-10(7-9)14-12-5-3-2-4-11(12)13/h2-5,8-10,15H,6-7H2,1H3/t8?,9-,10+. The van der Waals surface area contributed by atoms with E-state index in [2.05, 4.69) is 19.6 Å². The number of rotatable bonds is 3. The van der Waals surface area contributed by atoms with Crippen LogP contribution in [0.4, 0.5) is 4.39 Å². The maximum atomic E-state index is 13.2. The second kappa shape index (κ2) is 4.44. The van der Waals surface area contributed by atoms with Gasteiger partial charge >= 0.3 is 0 Å². The number of hydrogen-bond acceptors (Lipinski definition) is 2. The summed E-state index contributed by atoms with van der Waals surface area (Å²) in [7, 11) is 0. The molecule has 1 aliphatic rings. The van der Waals surface area contributed by atoms with Gasteiger partial charge in [0.05, 0.1) is 6.10 Å². The van der Waals surface area contributed by atoms with Crippen LogP contribution in [0.15, 0.2) is 24.3 Å². The van der Waals surface area contributed by atoms with Gasteiger partial charge in [-0.15, -0.1) is 0 Å². The SMILES string of the molecule is CC(S)[C@H]1C[C@@H](Oc2ccccc2F)C1. The van der Waals surface area contributed by atoms with Gasteiger partial charge in [-0.25, -0.2) is 4.39 Å². The van der Waals surface area contributed by atoms with E-state index >= 15 is 0 Å². The largest absolute Gasteiger partial charge is 0.487 e. The minimum absolute atomic E-state index is 0.168. The van der Waals surface area contributed by atoms with Crippen LogP contribution < -0.4 is 4.74 Å². The number of benzene rings is 1. The van der Waals surface area contributed by atoms with E-state index < -0.39 is 0 Å². The lowest BCUT2D eigenvalue weighted by atomic mass is 9.80. The maximum Gasteiger partial charge on any atom is 0.165 e. The lowest BCUT2D eigenvalue weighted by Crippen LogP contribution is -2.37. The molecule has 0 amide bonds. The van der Waals surface area contributed by atoms with Crippen molar-refractivity contribution >= 4 is 12.6 Å². The number of thiol groups is 1. The van der Waals surface area contributed by atoms with Crippen molar-refractivity contribution in [2.45, 2.75) is 31.1 Å². The van der Waals surface area contributed by atoms with Crippen molar-refractivity contribution in [2.75, 3.05) is 0 Å². The first kappa shape index (κ1) is 10.8. The van der Waals surface area contributed by atoms with Gasteiger partial charge in [0.2, 0.25) is 0 Å². The molecule has 0 spiro atoms. The molecule has 1 unspecified atom stereocenters. The summed E-state index contributed by atoms with van der Waals surface area (Å²) in [5.74, 6) is 0.706. The highest BCUT2D eigenvalue weighted by Crippen LogP contribution is 2.35. The second-order valence-corrected chi connectivity index (χ2v) is 4.96. The van der Waals surface area contributed by atoms with Crippen LogP contribution in [0.1, 0.15) is 19.8 Å². The van der Waals surface area contributed by atoms with Crippen LogP contribution in [0.5, 0.6) is 5.75 Å². The third-order valence-electron chi connectivity index (χ3n) is 2.94. The molecule has 3 heteroatoms. The van der Waals surface area contributed by atoms with Crippen LogP contribution in [0, 0.1) is 11.7 Å². The van der Waals surface area contributed by atoms with Gasteiger partial charge in [0.25, 0.3) is 0 Å². The number of para-hydroxylation sites is 1. The molecule has 1 aromatic carbocycles. The first-order chi connectivity index (χ1) is 7.16. The molecule has 0 N–H and O–H groups in total. The predicted molar refractivity (Wildman–Crippen MR) is 62.0 cm³/mol. The Morgan fingerprint density at radius 2 is 2.07 bits per heavy atom. The van der Waals surface area contributed by atoms with Crippen molar-refractivity contribution in [3.8, 4) is 5.75 Å². The van der Waals surface area contributed by atoms with Gasteiger partial charge in [0, 0.05) is 5.25 Å². The number of halogens is 1. The van der Waals surface area contributed by atoms with E-state index in [1.54, 1.807) is 18.2 Å². The third kappa shape index (κ3) is 2.46. The van der Waals surface area contributed by atoms with Crippen LogP contribution in [0.2, 0.25) is 0 Å². The zero-order valence-corrected chi connectivity index (χ0v) is 9.58. The van der Waals surface area contributed by atoms with E-state index in [4.69, 9.17) is 4.74 Å². The molecule has 2 rings (SSSR count). The third-order valence-corrected chi connectivity index (χ3v) is 3.37. The molecule has 0 radical (unpaired) electrons. The van der Waals surface area contributed by atoms with Crippen LogP contribution in [-0.2, 0) is 0 Å². The Balaban J connectivity index is 1.88. The summed E-state index contributed by atoms with van der Waals surface area (Å²) >= 11 is 4.38. The molecule has 0 aliphatic heterocycles. The molecule has 1 aliphatic carbocycles. The highest BCUT2D eigenvalue weighted by Gasteiger charge is 2.33. The van der Waals surface area contributed by atoms with Crippen LogP contribution in [0.3, 0.4) is 0 Å². The van der Waals surface area contributed by atoms with Crippen molar-refractivity contribution < 1.29 is 9.13 Å². The fourth-order valence-corrected chi connectivity index (χ4v) is 2.06. The first-order valence-electron chi connectivity index (χ1n) is 5.26. The smallest absolute Gasteiger partial charge is 0.165 e. The Hall–Kier alpha value is -0.700. The van der Waals surface area contributed by atoms with Gasteiger partial charge in [-0.2, -0.15) is 12.6 Å². The van der Waals surface area contributed by atoms with Gasteiger partial charge in [0.1, 0.15) is 0 Å². The zero-order valence-electron chi connectivity index (χ0n) is 8.69. The molecule has 1 saturated carbocycles. The molecular formula is C12H15FOS. The Morgan fingerprint density at radius 1 is 1.40 bits per heavy atom. The minimum atomic E-state index is -0.278. The van der Waals surface area contributed by atoms with Gasteiger partial charge in [-0.3, -0.25) is 0 Å². The zero-order chi connectivity index (χ0) is 10.8. The summed E-state index contributed by atoms with van der Waals surface area (Å²) in [6.45, 7) is 2.09. The first-order valence-corrected chi connectivity index (χ1v) is 5.77. The number of hydrogen-bond donors (Lipinski definition) is 1. The van der Waals surface area contributed by atoms with E-state index in [1.807, 2.05) is 0 Å². The van der Waals surface area contributed by atoms with Crippen molar-refractivity contribution in [3.05, 3.63) is 30.1 Å². The Labute approximate surface area is 95.0 Å². The molecule has 15 heavy (non-hydrogen) atoms. The molecule has 0 heterocycles. The summed E-state index contributed by atoms with van der Waals surface area (Å²) < 4.78 is 18.8. The molecular weight excluding hydrogens is 211 g/mol. The molecule has 1 aromatic rings. The summed E-state index contributed by atoms with van der Waals surface area (Å²) in [5, 5.41) is 0.408. The Bertz CT molecular complexity index is 334. The van der Waals surface area contributed by atoms with Crippen molar-refractivity contribution in [3.63, 3.8) is 0 Å². The van der Waals surface area contributed by atoms with E-state index in [9.17, 15) is 4.39 Å². The van der Waals surface area contributed by atoms with Gasteiger partial charge in [-0.05, 0) is 30.9 Å². The molecule has 0 bridgehead atoms. The highest BCUT2D eigenvalue weighted by molar-refractivity contribution is 7.80. The Morgan fingerprint density at radius 3 is 2.67 bits per heavy atom. The quantitative estimate of drug-likeness (QED) is 0.778. The molecule has 0 saturated heterocycles. The molecule has 1 nitrogen and oxygen atoms in total. The van der Waals surface area contributed by atoms with Crippen LogP contribution in [-0.4, -0.2) is 11.4 Å². The summed E-state index contributed by atoms with van der Waals surface area (Å²) in [6, 6.07) is 6.55. The average Bonchev–Trinajstić information content (AvgIpc) is 2.12. The van der Waals surface area contributed by atoms with Crippen LogP contribution >= 0.6 is 12.6 Å². The fourth-order valence-electron chi connectivity index (χ4n) is 1.82. The topological polar surface area (TPSA) is 9.23 Å². The summed E-state index contributed by atoms with van der Waals surface area (Å²) in [4.78, 5) is 0. The average molecular weight is 226 g/mol. The lowest BCUT2D eigenvalue weighted by molar-refractivity contribution is 0.0625. The summed E-state index contributed by atoms with van der Waals surface area (Å²) in [6.07, 6.45) is 2.14. The van der Waals surface area contributed by atoms with Crippen molar-refractivity contribution in [1.29, 1.82) is 0 Å². The van der Waals surface area contributed by atoms with Gasteiger partial charge in [0.15, 0.2) is 11.6 Å². The maximum absolute atomic E-state index is 13.2. The fraction of sp³-hybridized carbons (Fsp3) is 0.500. The summed E-state index contributed by atoms with van der Waals surface area (Å²) in [5.41, 5.74) is 0. The molecule has 1 fully saturated rings. The van der Waals surface area contributed by atoms with E-state index in [0.29, 0.717) is 16.9 Å². The van der Waals surface area contributed by atoms with E-state index in [-0.39, 0.29) is 11.9 Å². The predicted octanol–water partition coefficient (Wildman–Crippen LogP) is 3.30. The van der Waals surface area contributed by atoms with Gasteiger partial charge < -0.3 is 4.74 Å². The highest BCUT2D eigenvalue weighted by atomic mass is 32.1. The molecule has 0 aromatic heterocycles. The number of ether oxygens (including phenoxy) is 1. The van der Waals surface area contributed by atoms with E-state index in [1.165, 1.54) is 6.07 Å². The van der Waals surface area contributed by atoms with Crippen LogP contribution in [0.25, 0.3) is 0 Å². The second-order valence-electron chi connectivity index (χ2n) is 4.14. The van der Waals surface area contributed by atoms with Crippen molar-refractivity contribution in [1.82, 2.24) is 0 Å². The van der Waals surface area contributed by atoms with E-state index in [0.717, 1.165) is 12.8 Å². The molecule has 1 atom stereocenters. The lowest BCUT2D eigenvalue weighted by Gasteiger charge is -2.37. The van der Waals surface area contributed by atoms with Gasteiger partial charge in [-0.1, -0.05) is 19.1 Å². The Kier molecular flexibility index (Phi) is 3.19. The van der Waals surface area contributed by atoms with Crippen molar-refractivity contribution in [2.24, 2.45) is 5.92 Å². The minimum Gasteiger partial charge on any atom is -0.487 e. The monoisotopic (exact) mass is 226 g/mol. The molecule has 82 valence electrons. The normalized spacial score (nSPS) is 26.9.